The number of hydrogen-bond donors (Lipinski definition) is 2. The fourth-order valence-corrected chi connectivity index (χ4v) is 1.65. The van der Waals surface area contributed by atoms with Gasteiger partial charge < -0.3 is 10.6 Å². The molecule has 118 valence electrons. The summed E-state index contributed by atoms with van der Waals surface area (Å²) >= 11 is 5.76. The lowest BCUT2D eigenvalue weighted by molar-refractivity contribution is -0.137. The number of amides is 1. The van der Waals surface area contributed by atoms with Gasteiger partial charge in [-0.1, -0.05) is 25.4 Å². The number of hydrogen-bond acceptors (Lipinski definition) is 3. The van der Waals surface area contributed by atoms with E-state index in [1.807, 2.05) is 13.8 Å². The average molecular weight is 324 g/mol. The molecule has 8 heteroatoms. The third kappa shape index (κ3) is 5.41. The van der Waals surface area contributed by atoms with Gasteiger partial charge in [-0.3, -0.25) is 4.79 Å². The van der Waals surface area contributed by atoms with Gasteiger partial charge in [0, 0.05) is 12.7 Å². The minimum Gasteiger partial charge on any atom is -0.357 e. The first kappa shape index (κ1) is 17.6. The van der Waals surface area contributed by atoms with Crippen molar-refractivity contribution in [3.63, 3.8) is 0 Å². The number of rotatable bonds is 5. The Morgan fingerprint density at radius 2 is 2.00 bits per heavy atom. The first-order valence-electron chi connectivity index (χ1n) is 6.38. The molecule has 1 heterocycles. The molecule has 0 spiro atoms. The molecule has 1 atom stereocenters. The van der Waals surface area contributed by atoms with Gasteiger partial charge in [-0.25, -0.2) is 4.98 Å². The number of carbonyl (C=O) groups excluding carboxylic acids is 1. The summed E-state index contributed by atoms with van der Waals surface area (Å²) in [6.07, 6.45) is -3.83. The Hall–Kier alpha value is -1.50. The third-order valence-corrected chi connectivity index (χ3v) is 2.89. The summed E-state index contributed by atoms with van der Waals surface area (Å²) in [6.45, 7) is 5.99. The number of aromatic nitrogens is 1. The van der Waals surface area contributed by atoms with Crippen molar-refractivity contribution in [1.82, 2.24) is 10.3 Å². The molecule has 0 bridgehead atoms. The second-order valence-corrected chi connectivity index (χ2v) is 5.46. The van der Waals surface area contributed by atoms with Gasteiger partial charge in [-0.05, 0) is 18.9 Å². The Balaban J connectivity index is 2.73. The molecule has 4 nitrogen and oxygen atoms in total. The molecule has 21 heavy (non-hydrogen) atoms. The topological polar surface area (TPSA) is 54.0 Å². The highest BCUT2D eigenvalue weighted by atomic mass is 35.5. The molecule has 0 aliphatic rings. The molecule has 0 saturated carbocycles. The predicted molar refractivity (Wildman–Crippen MR) is 75.2 cm³/mol. The molecule has 0 fully saturated rings. The highest BCUT2D eigenvalue weighted by Crippen LogP contribution is 2.32. The van der Waals surface area contributed by atoms with Crippen molar-refractivity contribution in [1.29, 1.82) is 0 Å². The van der Waals surface area contributed by atoms with E-state index in [1.165, 1.54) is 0 Å². The predicted octanol–water partition coefficient (Wildman–Crippen LogP) is 3.33. The fourth-order valence-electron chi connectivity index (χ4n) is 1.43. The number of alkyl halides is 3. The van der Waals surface area contributed by atoms with Gasteiger partial charge >= 0.3 is 6.18 Å². The molecule has 1 aromatic heterocycles. The van der Waals surface area contributed by atoms with Crippen LogP contribution in [-0.2, 0) is 11.0 Å². The van der Waals surface area contributed by atoms with E-state index in [9.17, 15) is 18.0 Å². The molecule has 2 N–H and O–H groups in total. The molecule has 0 aliphatic carbocycles. The molecular formula is C13H17ClF3N3O. The van der Waals surface area contributed by atoms with Crippen LogP contribution in [-0.4, -0.2) is 23.5 Å². The number of nitrogens with zero attached hydrogens (tertiary/aromatic N) is 1. The zero-order valence-corrected chi connectivity index (χ0v) is 12.6. The normalized spacial score (nSPS) is 13.1. The van der Waals surface area contributed by atoms with Crippen molar-refractivity contribution < 1.29 is 18.0 Å². The summed E-state index contributed by atoms with van der Waals surface area (Å²) in [7, 11) is 0. The first-order valence-corrected chi connectivity index (χ1v) is 6.76. The van der Waals surface area contributed by atoms with Gasteiger partial charge in [-0.15, -0.1) is 0 Å². The van der Waals surface area contributed by atoms with Crippen molar-refractivity contribution >= 4 is 23.3 Å². The number of anilines is 1. The largest absolute Gasteiger partial charge is 0.417 e. The first-order chi connectivity index (χ1) is 9.61. The second-order valence-electron chi connectivity index (χ2n) is 5.06. The second kappa shape index (κ2) is 6.98. The molecule has 1 aromatic rings. The summed E-state index contributed by atoms with van der Waals surface area (Å²) in [5, 5.41) is 5.21. The summed E-state index contributed by atoms with van der Waals surface area (Å²) in [6, 6.07) is 0.112. The van der Waals surface area contributed by atoms with Crippen molar-refractivity contribution in [3.8, 4) is 0 Å². The van der Waals surface area contributed by atoms with E-state index in [-0.39, 0.29) is 16.7 Å². The van der Waals surface area contributed by atoms with Gasteiger partial charge in [0.2, 0.25) is 5.91 Å². The van der Waals surface area contributed by atoms with Crippen LogP contribution in [0.5, 0.6) is 0 Å². The van der Waals surface area contributed by atoms with E-state index < -0.39 is 17.8 Å². The van der Waals surface area contributed by atoms with E-state index in [4.69, 9.17) is 11.6 Å². The highest BCUT2D eigenvalue weighted by Gasteiger charge is 2.31. The van der Waals surface area contributed by atoms with Crippen LogP contribution in [0.25, 0.3) is 0 Å². The molecule has 1 rings (SSSR count). The number of halogens is 4. The van der Waals surface area contributed by atoms with Crippen LogP contribution >= 0.6 is 11.6 Å². The molecule has 1 amide bonds. The maximum atomic E-state index is 12.5. The lowest BCUT2D eigenvalue weighted by atomic mass is 10.2. The maximum Gasteiger partial charge on any atom is 0.417 e. The number of carbonyl (C=O) groups is 1. The average Bonchev–Trinajstić information content (AvgIpc) is 2.36. The van der Waals surface area contributed by atoms with Crippen LogP contribution in [0.2, 0.25) is 5.02 Å². The Labute approximate surface area is 126 Å². The van der Waals surface area contributed by atoms with Gasteiger partial charge in [0.15, 0.2) is 0 Å². The lowest BCUT2D eigenvalue weighted by Gasteiger charge is -2.17. The van der Waals surface area contributed by atoms with Crippen LogP contribution < -0.4 is 10.6 Å². The Morgan fingerprint density at radius 1 is 1.38 bits per heavy atom. The summed E-state index contributed by atoms with van der Waals surface area (Å²) in [5.41, 5.74) is -0.935. The fraction of sp³-hybridized carbons (Fsp3) is 0.538. The Morgan fingerprint density at radius 3 is 2.48 bits per heavy atom. The standard InChI is InChI=1S/C13H17ClF3N3O/c1-7(2)5-19-12(21)8(3)20-11-10(14)4-9(6-18-11)13(15,16)17/h4,6-8H,5H2,1-3H3,(H,18,20)(H,19,21). The summed E-state index contributed by atoms with van der Waals surface area (Å²) in [5.74, 6) is 0.0623. The van der Waals surface area contributed by atoms with E-state index in [0.29, 0.717) is 18.7 Å². The van der Waals surface area contributed by atoms with Crippen LogP contribution in [0.15, 0.2) is 12.3 Å². The minimum atomic E-state index is -4.50. The van der Waals surface area contributed by atoms with Crippen LogP contribution in [0.1, 0.15) is 26.3 Å². The van der Waals surface area contributed by atoms with Crippen molar-refractivity contribution in [3.05, 3.63) is 22.8 Å². The Kier molecular flexibility index (Phi) is 5.83. The van der Waals surface area contributed by atoms with E-state index >= 15 is 0 Å². The molecular weight excluding hydrogens is 307 g/mol. The number of pyridine rings is 1. The van der Waals surface area contributed by atoms with E-state index in [2.05, 4.69) is 15.6 Å². The lowest BCUT2D eigenvalue weighted by Crippen LogP contribution is -2.39. The van der Waals surface area contributed by atoms with E-state index in [0.717, 1.165) is 6.07 Å². The van der Waals surface area contributed by atoms with Gasteiger partial charge in [0.1, 0.15) is 11.9 Å². The molecule has 0 radical (unpaired) electrons. The summed E-state index contributed by atoms with van der Waals surface area (Å²) < 4.78 is 37.4. The van der Waals surface area contributed by atoms with Crippen molar-refractivity contribution in [2.75, 3.05) is 11.9 Å². The SMILES string of the molecule is CC(C)CNC(=O)C(C)Nc1ncc(C(F)(F)F)cc1Cl. The third-order valence-electron chi connectivity index (χ3n) is 2.60. The molecule has 0 saturated heterocycles. The van der Waals surface area contributed by atoms with Crippen LogP contribution in [0.3, 0.4) is 0 Å². The molecule has 0 aromatic carbocycles. The zero-order valence-electron chi connectivity index (χ0n) is 11.9. The number of nitrogens with one attached hydrogen (secondary N) is 2. The molecule has 1 unspecified atom stereocenters. The summed E-state index contributed by atoms with van der Waals surface area (Å²) in [4.78, 5) is 15.4. The van der Waals surface area contributed by atoms with Crippen LogP contribution in [0, 0.1) is 5.92 Å². The smallest absolute Gasteiger partial charge is 0.357 e. The zero-order chi connectivity index (χ0) is 16.2. The van der Waals surface area contributed by atoms with Crippen LogP contribution in [0.4, 0.5) is 19.0 Å². The monoisotopic (exact) mass is 323 g/mol. The van der Waals surface area contributed by atoms with Gasteiger partial charge in [-0.2, -0.15) is 13.2 Å². The van der Waals surface area contributed by atoms with Crippen molar-refractivity contribution in [2.45, 2.75) is 33.0 Å². The van der Waals surface area contributed by atoms with Gasteiger partial charge in [0.05, 0.1) is 10.6 Å². The Bertz CT molecular complexity index is 506. The highest BCUT2D eigenvalue weighted by molar-refractivity contribution is 6.33. The van der Waals surface area contributed by atoms with Gasteiger partial charge in [0.25, 0.3) is 0 Å². The molecule has 0 aliphatic heterocycles. The van der Waals surface area contributed by atoms with E-state index in [1.54, 1.807) is 6.92 Å². The minimum absolute atomic E-state index is 0.0388. The quantitative estimate of drug-likeness (QED) is 0.874. The maximum absolute atomic E-state index is 12.5. The van der Waals surface area contributed by atoms with Crippen molar-refractivity contribution in [2.24, 2.45) is 5.92 Å².